The number of halogens is 1. The number of amides is 1. The Kier molecular flexibility index (Phi) is 7.28. The molecule has 176 valence electrons. The number of carbonyl (C=O) groups is 2. The zero-order chi connectivity index (χ0) is 24.8. The van der Waals surface area contributed by atoms with E-state index in [0.29, 0.717) is 11.3 Å². The Morgan fingerprint density at radius 1 is 0.971 bits per heavy atom. The lowest BCUT2D eigenvalue weighted by atomic mass is 10.0. The summed E-state index contributed by atoms with van der Waals surface area (Å²) in [6, 6.07) is 24.3. The van der Waals surface area contributed by atoms with Crippen molar-refractivity contribution in [3.8, 4) is 11.5 Å². The van der Waals surface area contributed by atoms with Gasteiger partial charge in [0.1, 0.15) is 11.5 Å². The fourth-order valence-corrected chi connectivity index (χ4v) is 3.68. The number of hydrazone groups is 1. The van der Waals surface area contributed by atoms with Gasteiger partial charge in [-0.3, -0.25) is 4.79 Å². The van der Waals surface area contributed by atoms with Crippen LogP contribution in [0.25, 0.3) is 10.8 Å². The van der Waals surface area contributed by atoms with Crippen molar-refractivity contribution in [2.45, 2.75) is 6.10 Å². The fraction of sp³-hybridized carbons (Fsp3) is 0.0741. The Morgan fingerprint density at radius 2 is 1.69 bits per heavy atom. The van der Waals surface area contributed by atoms with Crippen molar-refractivity contribution in [3.05, 3.63) is 107 Å². The number of carbonyl (C=O) groups excluding carboxylic acids is 2. The minimum Gasteiger partial charge on any atom is -0.506 e. The molecule has 4 rings (SSSR count). The summed E-state index contributed by atoms with van der Waals surface area (Å²) in [5, 5.41) is 15.2. The molecule has 0 bridgehead atoms. The first-order chi connectivity index (χ1) is 17.0. The number of fused-ring (bicyclic) bond motifs is 1. The van der Waals surface area contributed by atoms with Crippen molar-refractivity contribution in [1.29, 1.82) is 0 Å². The van der Waals surface area contributed by atoms with Gasteiger partial charge in [0.15, 0.2) is 0 Å². The second-order valence-corrected chi connectivity index (χ2v) is 7.90. The van der Waals surface area contributed by atoms with Crippen molar-refractivity contribution in [3.63, 3.8) is 0 Å². The fourth-order valence-electron chi connectivity index (χ4n) is 3.50. The number of phenolic OH excluding ortho intramolecular Hbond substituents is 1. The first-order valence-corrected chi connectivity index (χ1v) is 11.0. The lowest BCUT2D eigenvalue weighted by Crippen LogP contribution is -2.20. The number of aromatic hydroxyl groups is 1. The molecule has 1 amide bonds. The quantitative estimate of drug-likeness (QED) is 0.210. The third-order valence-corrected chi connectivity index (χ3v) is 5.56. The Bertz CT molecular complexity index is 1410. The third-order valence-electron chi connectivity index (χ3n) is 5.26. The average Bonchev–Trinajstić information content (AvgIpc) is 2.89. The van der Waals surface area contributed by atoms with E-state index in [2.05, 4.69) is 10.5 Å². The van der Waals surface area contributed by atoms with Gasteiger partial charge >= 0.3 is 5.97 Å². The highest BCUT2D eigenvalue weighted by molar-refractivity contribution is 6.32. The van der Waals surface area contributed by atoms with E-state index in [1.165, 1.54) is 31.5 Å². The zero-order valence-corrected chi connectivity index (χ0v) is 19.4. The summed E-state index contributed by atoms with van der Waals surface area (Å²) in [4.78, 5) is 24.8. The smallest absolute Gasteiger partial charge is 0.351 e. The molecule has 0 fully saturated rings. The monoisotopic (exact) mass is 488 g/mol. The van der Waals surface area contributed by atoms with Crippen molar-refractivity contribution in [2.24, 2.45) is 5.10 Å². The standard InChI is InChI=1S/C27H21ClN2O5/c1-34-27(33)25(17-7-3-2-4-8-17)35-24-14-12-19(20-9-5-6-10-21(20)24)16-29-30-26(32)18-11-13-23(31)22(28)15-18/h2-16,25,31H,1H3,(H,30,32). The summed E-state index contributed by atoms with van der Waals surface area (Å²) in [6.45, 7) is 0. The van der Waals surface area contributed by atoms with Crippen LogP contribution in [0.5, 0.6) is 11.5 Å². The second-order valence-electron chi connectivity index (χ2n) is 7.50. The molecule has 1 unspecified atom stereocenters. The zero-order valence-electron chi connectivity index (χ0n) is 18.6. The van der Waals surface area contributed by atoms with Crippen LogP contribution in [0.15, 0.2) is 90.0 Å². The van der Waals surface area contributed by atoms with Crippen LogP contribution in [-0.2, 0) is 9.53 Å². The van der Waals surface area contributed by atoms with Gasteiger partial charge in [-0.15, -0.1) is 0 Å². The van der Waals surface area contributed by atoms with Crippen LogP contribution in [0.3, 0.4) is 0 Å². The molecule has 4 aromatic rings. The predicted molar refractivity (Wildman–Crippen MR) is 134 cm³/mol. The minimum absolute atomic E-state index is 0.0731. The molecule has 0 spiro atoms. The van der Waals surface area contributed by atoms with Gasteiger partial charge in [0, 0.05) is 22.1 Å². The van der Waals surface area contributed by atoms with Gasteiger partial charge in [0.2, 0.25) is 6.10 Å². The first-order valence-electron chi connectivity index (χ1n) is 10.6. The van der Waals surface area contributed by atoms with Gasteiger partial charge in [0.05, 0.1) is 18.3 Å². The highest BCUT2D eigenvalue weighted by Crippen LogP contribution is 2.32. The predicted octanol–water partition coefficient (Wildman–Crippen LogP) is 5.26. The van der Waals surface area contributed by atoms with Gasteiger partial charge in [-0.1, -0.05) is 66.2 Å². The van der Waals surface area contributed by atoms with Gasteiger partial charge in [-0.25, -0.2) is 10.2 Å². The third kappa shape index (κ3) is 5.42. The van der Waals surface area contributed by atoms with E-state index in [4.69, 9.17) is 21.1 Å². The molecule has 35 heavy (non-hydrogen) atoms. The van der Waals surface area contributed by atoms with Crippen LogP contribution in [-0.4, -0.2) is 30.3 Å². The summed E-state index contributed by atoms with van der Waals surface area (Å²) in [5.74, 6) is -0.596. The summed E-state index contributed by atoms with van der Waals surface area (Å²) in [5.41, 5.74) is 4.11. The molecular weight excluding hydrogens is 468 g/mol. The number of hydrogen-bond donors (Lipinski definition) is 2. The highest BCUT2D eigenvalue weighted by Gasteiger charge is 2.24. The number of benzene rings is 4. The number of ether oxygens (including phenoxy) is 2. The summed E-state index contributed by atoms with van der Waals surface area (Å²) in [7, 11) is 1.32. The van der Waals surface area contributed by atoms with Crippen molar-refractivity contribution in [1.82, 2.24) is 5.43 Å². The molecule has 0 radical (unpaired) electrons. The average molecular weight is 489 g/mol. The molecule has 7 nitrogen and oxygen atoms in total. The van der Waals surface area contributed by atoms with Crippen LogP contribution in [0, 0.1) is 0 Å². The maximum Gasteiger partial charge on any atom is 0.351 e. The van der Waals surface area contributed by atoms with E-state index in [1.54, 1.807) is 24.3 Å². The topological polar surface area (TPSA) is 97.2 Å². The van der Waals surface area contributed by atoms with Crippen LogP contribution < -0.4 is 10.2 Å². The number of rotatable bonds is 7. The molecule has 4 aromatic carbocycles. The van der Waals surface area contributed by atoms with Crippen LogP contribution in [0.4, 0.5) is 0 Å². The molecule has 2 N–H and O–H groups in total. The SMILES string of the molecule is COC(=O)C(Oc1ccc(C=NNC(=O)c2ccc(O)c(Cl)c2)c2ccccc12)c1ccccc1. The number of phenols is 1. The Hall–Kier alpha value is -4.36. The van der Waals surface area contributed by atoms with E-state index in [0.717, 1.165) is 16.3 Å². The van der Waals surface area contributed by atoms with E-state index in [-0.39, 0.29) is 16.3 Å². The summed E-state index contributed by atoms with van der Waals surface area (Å²) in [6.07, 6.45) is 0.585. The number of methoxy groups -OCH3 is 1. The maximum absolute atomic E-state index is 12.5. The molecule has 0 aliphatic rings. The van der Waals surface area contributed by atoms with Gasteiger partial charge in [-0.05, 0) is 35.7 Å². The normalized spacial score (nSPS) is 11.8. The molecule has 0 aliphatic heterocycles. The molecule has 0 aliphatic carbocycles. The highest BCUT2D eigenvalue weighted by atomic mass is 35.5. The van der Waals surface area contributed by atoms with E-state index >= 15 is 0 Å². The van der Waals surface area contributed by atoms with Gasteiger partial charge in [-0.2, -0.15) is 5.10 Å². The van der Waals surface area contributed by atoms with Crippen LogP contribution in [0.1, 0.15) is 27.6 Å². The largest absolute Gasteiger partial charge is 0.506 e. The molecule has 0 heterocycles. The number of esters is 1. The molecule has 0 aromatic heterocycles. The first kappa shape index (κ1) is 23.8. The molecular formula is C27H21ClN2O5. The van der Waals surface area contributed by atoms with Crippen LogP contribution >= 0.6 is 11.6 Å². The summed E-state index contributed by atoms with van der Waals surface area (Å²) < 4.78 is 11.1. The lowest BCUT2D eigenvalue weighted by molar-refractivity contribution is -0.149. The Morgan fingerprint density at radius 3 is 2.40 bits per heavy atom. The Balaban J connectivity index is 1.59. The molecule has 0 saturated heterocycles. The van der Waals surface area contributed by atoms with Gasteiger partial charge in [0.25, 0.3) is 5.91 Å². The van der Waals surface area contributed by atoms with E-state index < -0.39 is 18.0 Å². The number of nitrogens with one attached hydrogen (secondary N) is 1. The van der Waals surface area contributed by atoms with Crippen LogP contribution in [0.2, 0.25) is 5.02 Å². The lowest BCUT2D eigenvalue weighted by Gasteiger charge is -2.19. The van der Waals surface area contributed by atoms with E-state index in [9.17, 15) is 14.7 Å². The molecule has 1 atom stereocenters. The van der Waals surface area contributed by atoms with Crippen molar-refractivity contribution < 1.29 is 24.2 Å². The summed E-state index contributed by atoms with van der Waals surface area (Å²) >= 11 is 5.86. The van der Waals surface area contributed by atoms with E-state index in [1.807, 2.05) is 42.5 Å². The number of hydrogen-bond acceptors (Lipinski definition) is 6. The molecule has 8 heteroatoms. The second kappa shape index (κ2) is 10.7. The minimum atomic E-state index is -0.930. The molecule has 0 saturated carbocycles. The van der Waals surface area contributed by atoms with Crippen molar-refractivity contribution >= 4 is 40.5 Å². The van der Waals surface area contributed by atoms with Gasteiger partial charge < -0.3 is 14.6 Å². The number of nitrogens with zero attached hydrogens (tertiary/aromatic N) is 1. The van der Waals surface area contributed by atoms with Crippen molar-refractivity contribution in [2.75, 3.05) is 7.11 Å². The Labute approximate surface area is 206 Å². The maximum atomic E-state index is 12.5.